The van der Waals surface area contributed by atoms with Crippen molar-refractivity contribution in [1.29, 1.82) is 0 Å². The van der Waals surface area contributed by atoms with Crippen LogP contribution in [0.15, 0.2) is 107 Å². The molecule has 1 amide bonds. The smallest absolute Gasteiger partial charge is 0.338 e. The van der Waals surface area contributed by atoms with E-state index in [1.807, 2.05) is 66.7 Å². The Morgan fingerprint density at radius 3 is 2.43 bits per heavy atom. The number of nitrogens with zero attached hydrogens (tertiary/aromatic N) is 3. The van der Waals surface area contributed by atoms with E-state index in [0.29, 0.717) is 50.7 Å². The van der Waals surface area contributed by atoms with Crippen LogP contribution in [-0.2, 0) is 14.3 Å². The molecule has 1 aromatic heterocycles. The van der Waals surface area contributed by atoms with Crippen LogP contribution in [0.25, 0.3) is 11.3 Å². The fourth-order valence-corrected chi connectivity index (χ4v) is 6.49. The van der Waals surface area contributed by atoms with Crippen molar-refractivity contribution in [2.24, 2.45) is 4.99 Å². The molecule has 9 heteroatoms. The number of anilines is 1. The molecule has 0 saturated carbocycles. The third-order valence-corrected chi connectivity index (χ3v) is 8.30. The number of benzene rings is 3. The fraction of sp³-hybridized carbons (Fsp3) is 0.152. The summed E-state index contributed by atoms with van der Waals surface area (Å²) < 4.78 is 12.6. The molecule has 4 aromatic rings. The van der Waals surface area contributed by atoms with Crippen molar-refractivity contribution in [2.75, 3.05) is 25.2 Å². The van der Waals surface area contributed by atoms with E-state index in [2.05, 4.69) is 6.58 Å². The zero-order valence-corrected chi connectivity index (χ0v) is 23.9. The first-order valence-electron chi connectivity index (χ1n) is 13.5. The molecule has 0 bridgehead atoms. The minimum Gasteiger partial charge on any atom is -0.497 e. The molecule has 2 aliphatic heterocycles. The van der Waals surface area contributed by atoms with Gasteiger partial charge in [-0.3, -0.25) is 14.2 Å². The number of hydrogen-bond donors (Lipinski definition) is 0. The van der Waals surface area contributed by atoms with Crippen molar-refractivity contribution in [1.82, 2.24) is 4.57 Å². The van der Waals surface area contributed by atoms with Crippen LogP contribution in [0.3, 0.4) is 0 Å². The Morgan fingerprint density at radius 2 is 1.74 bits per heavy atom. The van der Waals surface area contributed by atoms with E-state index in [1.54, 1.807) is 37.1 Å². The Bertz CT molecular complexity index is 1940. The van der Waals surface area contributed by atoms with Crippen LogP contribution in [-0.4, -0.2) is 36.7 Å². The summed E-state index contributed by atoms with van der Waals surface area (Å²) in [6.07, 6.45) is 1.65. The van der Waals surface area contributed by atoms with Crippen LogP contribution in [0.4, 0.5) is 5.69 Å². The Morgan fingerprint density at radius 1 is 1.02 bits per heavy atom. The van der Waals surface area contributed by atoms with Crippen LogP contribution in [0, 0.1) is 0 Å². The van der Waals surface area contributed by atoms with Crippen molar-refractivity contribution >= 4 is 40.2 Å². The average molecular weight is 578 g/mol. The number of rotatable bonds is 7. The molecular weight excluding hydrogens is 550 g/mol. The molecule has 0 aliphatic carbocycles. The van der Waals surface area contributed by atoms with E-state index in [1.165, 1.54) is 4.57 Å². The highest BCUT2D eigenvalue weighted by atomic mass is 32.1. The molecule has 3 aromatic carbocycles. The van der Waals surface area contributed by atoms with Gasteiger partial charge in [0.15, 0.2) is 4.80 Å². The number of aromatic nitrogens is 1. The Hall–Kier alpha value is -5.02. The first kappa shape index (κ1) is 27.2. The number of esters is 1. The van der Waals surface area contributed by atoms with Crippen molar-refractivity contribution in [3.8, 4) is 5.75 Å². The Kier molecular flexibility index (Phi) is 7.18. The van der Waals surface area contributed by atoms with Gasteiger partial charge in [0.05, 0.1) is 42.3 Å². The number of methoxy groups -OCH3 is 1. The number of hydrogen-bond acceptors (Lipinski definition) is 7. The first-order valence-corrected chi connectivity index (χ1v) is 14.3. The largest absolute Gasteiger partial charge is 0.497 e. The van der Waals surface area contributed by atoms with Gasteiger partial charge in [0.1, 0.15) is 10.3 Å². The Labute approximate surface area is 245 Å². The van der Waals surface area contributed by atoms with Gasteiger partial charge < -0.3 is 14.4 Å². The zero-order valence-electron chi connectivity index (χ0n) is 23.1. The molecule has 0 unspecified atom stereocenters. The molecular formula is C33H27N3O5S. The summed E-state index contributed by atoms with van der Waals surface area (Å²) in [5.41, 5.74) is 3.32. The van der Waals surface area contributed by atoms with Gasteiger partial charge in [-0.1, -0.05) is 78.1 Å². The fourth-order valence-electron chi connectivity index (χ4n) is 5.40. The summed E-state index contributed by atoms with van der Waals surface area (Å²) in [4.78, 5) is 48.7. The average Bonchev–Trinajstić information content (AvgIpc) is 3.49. The molecule has 0 saturated heterocycles. The van der Waals surface area contributed by atoms with Gasteiger partial charge in [-0.15, -0.1) is 6.58 Å². The molecule has 0 N–H and O–H groups in total. The topological polar surface area (TPSA) is 90.2 Å². The summed E-state index contributed by atoms with van der Waals surface area (Å²) in [5.74, 6) is -0.220. The lowest BCUT2D eigenvalue weighted by Crippen LogP contribution is -2.41. The first-order chi connectivity index (χ1) is 20.5. The van der Waals surface area contributed by atoms with Gasteiger partial charge in [0, 0.05) is 17.7 Å². The van der Waals surface area contributed by atoms with Gasteiger partial charge in [-0.25, -0.2) is 9.79 Å². The van der Waals surface area contributed by atoms with Crippen molar-refractivity contribution in [2.45, 2.75) is 13.0 Å². The van der Waals surface area contributed by atoms with E-state index in [0.717, 1.165) is 11.3 Å². The lowest BCUT2D eigenvalue weighted by molar-refractivity contribution is -0.138. The minimum atomic E-state index is -0.855. The maximum Gasteiger partial charge on any atom is 0.338 e. The minimum absolute atomic E-state index is 0.152. The summed E-state index contributed by atoms with van der Waals surface area (Å²) in [6.45, 7) is 5.98. The maximum atomic E-state index is 14.4. The standard InChI is InChI=1S/C33H27N3O5S/c1-4-19-35-24-14-10-9-13-23(24)25(30(35)37)29-31(38)36-28(21-15-17-22(40-3)18-16-21)26(32(39)41-5-2)27(34-33(36)42-29)20-11-7-6-8-12-20/h4,6-18,28H,1,5,19H2,2-3H3/b29-25+/t28-/m1/s1. The van der Waals surface area contributed by atoms with E-state index in [-0.39, 0.29) is 22.6 Å². The quantitative estimate of drug-likeness (QED) is 0.246. The van der Waals surface area contributed by atoms with E-state index in [9.17, 15) is 14.4 Å². The monoisotopic (exact) mass is 577 g/mol. The maximum absolute atomic E-state index is 14.4. The van der Waals surface area contributed by atoms with Crippen LogP contribution in [0.5, 0.6) is 5.75 Å². The normalized spacial score (nSPS) is 17.0. The van der Waals surface area contributed by atoms with Gasteiger partial charge in [-0.05, 0) is 30.7 Å². The Balaban J connectivity index is 1.70. The highest BCUT2D eigenvalue weighted by Gasteiger charge is 2.38. The van der Waals surface area contributed by atoms with Crippen LogP contribution >= 0.6 is 11.3 Å². The molecule has 0 spiro atoms. The molecule has 1 atom stereocenters. The zero-order chi connectivity index (χ0) is 29.4. The van der Waals surface area contributed by atoms with E-state index in [4.69, 9.17) is 14.5 Å². The highest BCUT2D eigenvalue weighted by Crippen LogP contribution is 2.37. The number of carbonyl (C=O) groups excluding carboxylic acids is 2. The number of ether oxygens (including phenoxy) is 2. The lowest BCUT2D eigenvalue weighted by atomic mass is 9.93. The van der Waals surface area contributed by atoms with Crippen molar-refractivity contribution in [3.63, 3.8) is 0 Å². The molecule has 8 nitrogen and oxygen atoms in total. The van der Waals surface area contributed by atoms with Crippen LogP contribution in [0.1, 0.15) is 29.7 Å². The van der Waals surface area contributed by atoms with Gasteiger partial charge in [0.2, 0.25) is 0 Å². The number of carbonyl (C=O) groups is 2. The summed E-state index contributed by atoms with van der Waals surface area (Å²) >= 11 is 1.14. The third-order valence-electron chi connectivity index (χ3n) is 7.24. The predicted molar refractivity (Wildman–Crippen MR) is 162 cm³/mol. The van der Waals surface area contributed by atoms with E-state index >= 15 is 0 Å². The second-order valence-corrected chi connectivity index (χ2v) is 10.6. The molecule has 0 fully saturated rings. The molecule has 2 aliphatic rings. The van der Waals surface area contributed by atoms with Crippen LogP contribution < -0.4 is 24.5 Å². The second kappa shape index (κ2) is 11.1. The molecule has 42 heavy (non-hydrogen) atoms. The number of amides is 1. The van der Waals surface area contributed by atoms with Crippen molar-refractivity contribution < 1.29 is 19.1 Å². The van der Waals surface area contributed by atoms with Gasteiger partial charge >= 0.3 is 5.97 Å². The predicted octanol–water partition coefficient (Wildman–Crippen LogP) is 3.85. The molecule has 6 rings (SSSR count). The van der Waals surface area contributed by atoms with Crippen LogP contribution in [0.2, 0.25) is 0 Å². The highest BCUT2D eigenvalue weighted by molar-refractivity contribution is 7.07. The number of fused-ring (bicyclic) bond motifs is 2. The molecule has 3 heterocycles. The summed E-state index contributed by atoms with van der Waals surface area (Å²) in [5, 5.41) is 0. The number of thiazole rings is 1. The third kappa shape index (κ3) is 4.38. The van der Waals surface area contributed by atoms with Gasteiger partial charge in [0.25, 0.3) is 11.5 Å². The molecule has 0 radical (unpaired) electrons. The van der Waals surface area contributed by atoms with Crippen molar-refractivity contribution in [3.05, 3.63) is 133 Å². The second-order valence-electron chi connectivity index (χ2n) is 9.62. The SMILES string of the molecule is C=CCN1C(=O)/C(=c2/sc3n(c2=O)[C@H](c2ccc(OC)cc2)C(C(=O)OCC)=C(c2ccccc2)N=3)c2ccccc21. The lowest BCUT2D eigenvalue weighted by Gasteiger charge is -2.26. The van der Waals surface area contributed by atoms with Gasteiger partial charge in [-0.2, -0.15) is 0 Å². The number of para-hydroxylation sites is 1. The summed E-state index contributed by atoms with van der Waals surface area (Å²) in [6, 6.07) is 23.1. The summed E-state index contributed by atoms with van der Waals surface area (Å²) in [7, 11) is 1.57. The van der Waals surface area contributed by atoms with E-state index < -0.39 is 17.6 Å². The molecule has 210 valence electrons.